The van der Waals surface area contributed by atoms with Gasteiger partial charge in [-0.25, -0.2) is 4.39 Å². The molecule has 0 radical (unpaired) electrons. The van der Waals surface area contributed by atoms with E-state index in [9.17, 15) is 14.3 Å². The van der Waals surface area contributed by atoms with Gasteiger partial charge < -0.3 is 14.9 Å². The Morgan fingerprint density at radius 1 is 1.06 bits per heavy atom. The van der Waals surface area contributed by atoms with Crippen LogP contribution in [0.15, 0.2) is 61.2 Å². The zero-order valence-electron chi connectivity index (χ0n) is 20.3. The highest BCUT2D eigenvalue weighted by atomic mass is 35.5. The number of carbonyl (C=O) groups excluding carboxylic acids is 1. The number of nitrogens with zero attached hydrogens (tertiary/aromatic N) is 5. The van der Waals surface area contributed by atoms with Gasteiger partial charge in [0, 0.05) is 68.1 Å². The van der Waals surface area contributed by atoms with Gasteiger partial charge in [0.15, 0.2) is 0 Å². The van der Waals surface area contributed by atoms with E-state index in [0.717, 1.165) is 5.69 Å². The molecule has 5 heterocycles. The summed E-state index contributed by atoms with van der Waals surface area (Å²) in [5.41, 5.74) is 0.914. The van der Waals surface area contributed by atoms with Crippen LogP contribution in [0.5, 0.6) is 0 Å². The number of hydrogen-bond donors (Lipinski definition) is 1. The highest BCUT2D eigenvalue weighted by Crippen LogP contribution is 2.42. The Labute approximate surface area is 215 Å². The number of piperidine rings is 1. The minimum absolute atomic E-state index is 0.00498. The molecule has 1 amide bonds. The number of carbonyl (C=O) groups is 1. The number of aromatic nitrogens is 3. The van der Waals surface area contributed by atoms with Crippen LogP contribution >= 0.6 is 11.6 Å². The molecule has 3 aromatic rings. The molecule has 3 aromatic heterocycles. The van der Waals surface area contributed by atoms with Gasteiger partial charge in [0.2, 0.25) is 5.91 Å². The van der Waals surface area contributed by atoms with Gasteiger partial charge in [-0.3, -0.25) is 19.7 Å². The molecule has 2 unspecified atom stereocenters. The summed E-state index contributed by atoms with van der Waals surface area (Å²) in [6, 6.07) is 10.6. The van der Waals surface area contributed by atoms with Crippen LogP contribution in [0.2, 0.25) is 5.02 Å². The molecule has 1 N–H and O–H groups in total. The number of hydrogen-bond acceptors (Lipinski definition) is 6. The normalized spacial score (nSPS) is 28.4. The maximum atomic E-state index is 14.0. The van der Waals surface area contributed by atoms with E-state index in [1.54, 1.807) is 24.7 Å². The standard InChI is InChI=1S/C27H29ClFN5O2/c1-17-13-34(14-18(2)27(17,36)25-5-3-4-8-31-25)26(35)23-16-33(21-9-20(29)11-30-12-21)15-22(23)24-7-6-19(28)10-32-24/h3-12,17-18,22-23,36H,13-16H2,1-2H3/t17?,18?,22-,23-,27?/m1/s1. The average Bonchev–Trinajstić information content (AvgIpc) is 3.33. The molecule has 188 valence electrons. The first kappa shape index (κ1) is 24.6. The minimum atomic E-state index is -1.12. The average molecular weight is 510 g/mol. The second-order valence-electron chi connectivity index (χ2n) is 9.97. The Balaban J connectivity index is 1.41. The van der Waals surface area contributed by atoms with Crippen LogP contribution in [0, 0.1) is 23.6 Å². The number of anilines is 1. The highest BCUT2D eigenvalue weighted by Gasteiger charge is 2.50. The van der Waals surface area contributed by atoms with Crippen molar-refractivity contribution < 1.29 is 14.3 Å². The van der Waals surface area contributed by atoms with Gasteiger partial charge in [-0.05, 0) is 24.3 Å². The van der Waals surface area contributed by atoms with E-state index in [-0.39, 0.29) is 29.6 Å². The third-order valence-electron chi connectivity index (χ3n) is 7.70. The Hall–Kier alpha value is -3.10. The highest BCUT2D eigenvalue weighted by molar-refractivity contribution is 6.30. The van der Waals surface area contributed by atoms with E-state index in [1.165, 1.54) is 12.3 Å². The molecular weight excluding hydrogens is 481 g/mol. The van der Waals surface area contributed by atoms with Gasteiger partial charge >= 0.3 is 0 Å². The number of rotatable bonds is 4. The lowest BCUT2D eigenvalue weighted by molar-refractivity contribution is -0.153. The Bertz CT molecular complexity index is 1220. The molecule has 9 heteroatoms. The molecule has 2 fully saturated rings. The topological polar surface area (TPSA) is 82.5 Å². The van der Waals surface area contributed by atoms with E-state index in [2.05, 4.69) is 15.0 Å². The van der Waals surface area contributed by atoms with Crippen molar-refractivity contribution in [3.63, 3.8) is 0 Å². The van der Waals surface area contributed by atoms with Crippen molar-refractivity contribution in [2.24, 2.45) is 17.8 Å². The number of likely N-dealkylation sites (tertiary alicyclic amines) is 1. The van der Waals surface area contributed by atoms with Crippen molar-refractivity contribution >= 4 is 23.2 Å². The molecular formula is C27H29ClFN5O2. The Kier molecular flexibility index (Phi) is 6.66. The second-order valence-corrected chi connectivity index (χ2v) is 10.4. The van der Waals surface area contributed by atoms with Gasteiger partial charge in [0.05, 0.1) is 34.7 Å². The van der Waals surface area contributed by atoms with Crippen molar-refractivity contribution in [2.45, 2.75) is 25.4 Å². The van der Waals surface area contributed by atoms with Crippen molar-refractivity contribution in [3.8, 4) is 0 Å². The molecule has 7 nitrogen and oxygen atoms in total. The van der Waals surface area contributed by atoms with Crippen LogP contribution in [0.3, 0.4) is 0 Å². The molecule has 36 heavy (non-hydrogen) atoms. The molecule has 2 aliphatic heterocycles. The number of amides is 1. The lowest BCUT2D eigenvalue weighted by Gasteiger charge is -2.48. The molecule has 0 saturated carbocycles. The van der Waals surface area contributed by atoms with Gasteiger partial charge in [-0.2, -0.15) is 0 Å². The van der Waals surface area contributed by atoms with Crippen LogP contribution in [0.4, 0.5) is 10.1 Å². The summed E-state index contributed by atoms with van der Waals surface area (Å²) in [6.45, 7) is 5.67. The largest absolute Gasteiger partial charge is 0.383 e. The number of pyridine rings is 3. The molecule has 4 atom stereocenters. The van der Waals surface area contributed by atoms with Crippen LogP contribution in [-0.4, -0.2) is 57.0 Å². The number of aliphatic hydroxyl groups is 1. The van der Waals surface area contributed by atoms with Gasteiger partial charge in [-0.1, -0.05) is 31.5 Å². The molecule has 0 bridgehead atoms. The van der Waals surface area contributed by atoms with Crippen molar-refractivity contribution in [1.82, 2.24) is 19.9 Å². The fourth-order valence-corrected chi connectivity index (χ4v) is 5.88. The van der Waals surface area contributed by atoms with Crippen molar-refractivity contribution in [1.29, 1.82) is 0 Å². The van der Waals surface area contributed by atoms with Gasteiger partial charge in [0.1, 0.15) is 11.4 Å². The maximum Gasteiger partial charge on any atom is 0.228 e. The zero-order valence-corrected chi connectivity index (χ0v) is 21.0. The summed E-state index contributed by atoms with van der Waals surface area (Å²) in [4.78, 5) is 30.7. The first-order valence-corrected chi connectivity index (χ1v) is 12.5. The predicted molar refractivity (Wildman–Crippen MR) is 135 cm³/mol. The molecule has 2 saturated heterocycles. The molecule has 0 spiro atoms. The molecule has 0 aliphatic carbocycles. The Morgan fingerprint density at radius 3 is 2.47 bits per heavy atom. The zero-order chi connectivity index (χ0) is 25.4. The molecule has 0 aromatic carbocycles. The minimum Gasteiger partial charge on any atom is -0.383 e. The first-order valence-electron chi connectivity index (χ1n) is 12.2. The van der Waals surface area contributed by atoms with Crippen LogP contribution in [0.1, 0.15) is 31.2 Å². The lowest BCUT2D eigenvalue weighted by atomic mass is 9.72. The van der Waals surface area contributed by atoms with E-state index in [4.69, 9.17) is 11.6 Å². The fraction of sp³-hybridized carbons (Fsp3) is 0.407. The van der Waals surface area contributed by atoms with Crippen LogP contribution < -0.4 is 4.90 Å². The SMILES string of the molecule is CC1CN(C(=O)[C@@H]2CN(c3cncc(F)c3)C[C@H]2c2ccc(Cl)cn2)CC(C)C1(O)c1ccccn1. The summed E-state index contributed by atoms with van der Waals surface area (Å²) in [5, 5.41) is 12.2. The lowest BCUT2D eigenvalue weighted by Crippen LogP contribution is -2.57. The van der Waals surface area contributed by atoms with E-state index >= 15 is 0 Å². The van der Waals surface area contributed by atoms with Gasteiger partial charge in [0.25, 0.3) is 0 Å². The first-order chi connectivity index (χ1) is 17.3. The number of halogens is 2. The smallest absolute Gasteiger partial charge is 0.228 e. The fourth-order valence-electron chi connectivity index (χ4n) is 5.76. The predicted octanol–water partition coefficient (Wildman–Crippen LogP) is 3.89. The van der Waals surface area contributed by atoms with E-state index in [0.29, 0.717) is 42.6 Å². The molecule has 5 rings (SSSR count). The summed E-state index contributed by atoms with van der Waals surface area (Å²) in [6.07, 6.45) is 6.05. The third kappa shape index (κ3) is 4.44. The molecule has 2 aliphatic rings. The van der Waals surface area contributed by atoms with Crippen LogP contribution in [0.25, 0.3) is 0 Å². The quantitative estimate of drug-likeness (QED) is 0.574. The third-order valence-corrected chi connectivity index (χ3v) is 7.92. The summed E-state index contributed by atoms with van der Waals surface area (Å²) >= 11 is 6.06. The van der Waals surface area contributed by atoms with Gasteiger partial charge in [-0.15, -0.1) is 0 Å². The monoisotopic (exact) mass is 509 g/mol. The van der Waals surface area contributed by atoms with Crippen molar-refractivity contribution in [2.75, 3.05) is 31.1 Å². The Morgan fingerprint density at radius 2 is 1.83 bits per heavy atom. The van der Waals surface area contributed by atoms with E-state index in [1.807, 2.05) is 47.9 Å². The van der Waals surface area contributed by atoms with Crippen LogP contribution in [-0.2, 0) is 10.4 Å². The van der Waals surface area contributed by atoms with Crippen molar-refractivity contribution in [3.05, 3.63) is 83.4 Å². The maximum absolute atomic E-state index is 14.0. The summed E-state index contributed by atoms with van der Waals surface area (Å²) in [7, 11) is 0. The summed E-state index contributed by atoms with van der Waals surface area (Å²) < 4.78 is 13.9. The van der Waals surface area contributed by atoms with E-state index < -0.39 is 11.4 Å². The second kappa shape index (κ2) is 9.75. The summed E-state index contributed by atoms with van der Waals surface area (Å²) in [5.74, 6) is -1.42.